The summed E-state index contributed by atoms with van der Waals surface area (Å²) < 4.78 is 33.3. The molecule has 1 atom stereocenters. The number of hydrogen-bond acceptors (Lipinski definition) is 5. The molecule has 1 aliphatic heterocycles. The molecule has 47 heavy (non-hydrogen) atoms. The molecule has 0 fully saturated rings. The van der Waals surface area contributed by atoms with Crippen LogP contribution in [0, 0.1) is 5.41 Å². The van der Waals surface area contributed by atoms with Gasteiger partial charge in [0.05, 0.1) is 49.5 Å². The Balaban J connectivity index is 0.000000330. The lowest BCUT2D eigenvalue weighted by atomic mass is 9.73. The van der Waals surface area contributed by atoms with Crippen molar-refractivity contribution >= 4 is 15.5 Å². The van der Waals surface area contributed by atoms with Crippen LogP contribution in [-0.2, 0) is 16.3 Å². The third-order valence-electron chi connectivity index (χ3n) is 10.6. The van der Waals surface area contributed by atoms with E-state index in [-0.39, 0.29) is 5.75 Å². The van der Waals surface area contributed by atoms with E-state index in [1.165, 1.54) is 69.2 Å². The van der Waals surface area contributed by atoms with Crippen LogP contribution >= 0.6 is 0 Å². The van der Waals surface area contributed by atoms with E-state index in [1.54, 1.807) is 6.07 Å². The molecular formula is C40H69N2O4S+. The van der Waals surface area contributed by atoms with Crippen LogP contribution in [0.1, 0.15) is 117 Å². The first-order chi connectivity index (χ1) is 22.5. The van der Waals surface area contributed by atoms with E-state index < -0.39 is 21.4 Å². The second-order valence-electron chi connectivity index (χ2n) is 14.0. The number of aliphatic hydroxyl groups is 1. The number of sulfone groups is 1. The maximum Gasteiger partial charge on any atom is 0.179 e. The Kier molecular flexibility index (Phi) is 18.4. The number of fused-ring (bicyclic) bond motifs is 1. The quantitative estimate of drug-likeness (QED) is 0.112. The molecule has 7 heteroatoms. The van der Waals surface area contributed by atoms with Crippen LogP contribution in [0.2, 0.25) is 0 Å². The van der Waals surface area contributed by atoms with Crippen LogP contribution in [-0.4, -0.2) is 76.7 Å². The second kappa shape index (κ2) is 21.1. The number of ether oxygens (including phenoxy) is 1. The summed E-state index contributed by atoms with van der Waals surface area (Å²) >= 11 is 0. The first kappa shape index (κ1) is 41.1. The SMILES string of the molecule is CCCCC1(CCCC)CS(=O)(=O)c2ccc(N(C)C)cc2C[C@H]1O.CC[N+](CC)(CC)CCCCCCCCOc1ccccc1. The van der Waals surface area contributed by atoms with E-state index in [1.807, 2.05) is 61.5 Å². The summed E-state index contributed by atoms with van der Waals surface area (Å²) in [6.45, 7) is 17.3. The van der Waals surface area contributed by atoms with Gasteiger partial charge in [-0.15, -0.1) is 0 Å². The molecule has 0 radical (unpaired) electrons. The van der Waals surface area contributed by atoms with Crippen molar-refractivity contribution in [3.05, 3.63) is 54.1 Å². The van der Waals surface area contributed by atoms with Gasteiger partial charge in [0.2, 0.25) is 0 Å². The molecule has 2 aromatic rings. The fourth-order valence-electron chi connectivity index (χ4n) is 7.05. The van der Waals surface area contributed by atoms with Crippen LogP contribution in [0.25, 0.3) is 0 Å². The van der Waals surface area contributed by atoms with Crippen molar-refractivity contribution < 1.29 is 22.7 Å². The highest BCUT2D eigenvalue weighted by atomic mass is 32.2. The van der Waals surface area contributed by atoms with Crippen molar-refractivity contribution in [3.8, 4) is 5.75 Å². The molecule has 0 amide bonds. The van der Waals surface area contributed by atoms with Gasteiger partial charge in [-0.05, 0) is 88.8 Å². The lowest BCUT2D eigenvalue weighted by Gasteiger charge is -2.36. The lowest BCUT2D eigenvalue weighted by Crippen LogP contribution is -2.48. The Hall–Kier alpha value is -2.09. The lowest BCUT2D eigenvalue weighted by molar-refractivity contribution is -0.923. The molecule has 0 aromatic heterocycles. The number of benzene rings is 2. The smallest absolute Gasteiger partial charge is 0.179 e. The van der Waals surface area contributed by atoms with Gasteiger partial charge in [0.15, 0.2) is 9.84 Å². The molecule has 3 rings (SSSR count). The summed E-state index contributed by atoms with van der Waals surface area (Å²) in [5.41, 5.74) is 1.20. The Morgan fingerprint density at radius 3 is 1.94 bits per heavy atom. The fraction of sp³-hybridized carbons (Fsp3) is 0.700. The van der Waals surface area contributed by atoms with Gasteiger partial charge in [-0.2, -0.15) is 0 Å². The highest BCUT2D eigenvalue weighted by Crippen LogP contribution is 2.43. The number of anilines is 1. The number of quaternary nitrogens is 1. The minimum Gasteiger partial charge on any atom is -0.494 e. The predicted octanol–water partition coefficient (Wildman–Crippen LogP) is 9.09. The van der Waals surface area contributed by atoms with Crippen LogP contribution in [0.4, 0.5) is 5.69 Å². The van der Waals surface area contributed by atoms with Crippen molar-refractivity contribution in [1.82, 2.24) is 0 Å². The average Bonchev–Trinajstić information content (AvgIpc) is 3.15. The van der Waals surface area contributed by atoms with Gasteiger partial charge in [0.1, 0.15) is 5.75 Å². The highest BCUT2D eigenvalue weighted by molar-refractivity contribution is 7.91. The number of unbranched alkanes of at least 4 members (excludes halogenated alkanes) is 7. The van der Waals surface area contributed by atoms with Crippen molar-refractivity contribution in [2.45, 2.75) is 129 Å². The van der Waals surface area contributed by atoms with Gasteiger partial charge in [-0.3, -0.25) is 0 Å². The molecule has 1 aliphatic rings. The number of hydrogen-bond donors (Lipinski definition) is 1. The van der Waals surface area contributed by atoms with E-state index in [0.29, 0.717) is 11.3 Å². The van der Waals surface area contributed by atoms with Gasteiger partial charge in [-0.25, -0.2) is 8.42 Å². The van der Waals surface area contributed by atoms with Crippen molar-refractivity contribution in [1.29, 1.82) is 0 Å². The largest absolute Gasteiger partial charge is 0.494 e. The Morgan fingerprint density at radius 2 is 1.38 bits per heavy atom. The third kappa shape index (κ3) is 13.0. The summed E-state index contributed by atoms with van der Waals surface area (Å²) in [5.74, 6) is 1.06. The molecule has 0 unspecified atom stereocenters. The molecule has 0 saturated carbocycles. The Morgan fingerprint density at radius 1 is 0.809 bits per heavy atom. The first-order valence-electron chi connectivity index (χ1n) is 18.8. The fourth-order valence-corrected chi connectivity index (χ4v) is 9.26. The summed E-state index contributed by atoms with van der Waals surface area (Å²) in [6, 6.07) is 15.6. The normalized spacial score (nSPS) is 16.8. The zero-order valence-corrected chi connectivity index (χ0v) is 31.9. The molecule has 0 spiro atoms. The van der Waals surface area contributed by atoms with Gasteiger partial charge >= 0.3 is 0 Å². The molecule has 1 N–H and O–H groups in total. The Labute approximate surface area is 289 Å². The topological polar surface area (TPSA) is 66.8 Å². The van der Waals surface area contributed by atoms with Gasteiger partial charge in [-0.1, -0.05) is 77.0 Å². The molecule has 0 bridgehead atoms. The van der Waals surface area contributed by atoms with E-state index in [0.717, 1.165) is 62.1 Å². The number of aliphatic hydroxyl groups excluding tert-OH is 1. The zero-order valence-electron chi connectivity index (χ0n) is 31.1. The van der Waals surface area contributed by atoms with Crippen LogP contribution in [0.3, 0.4) is 0 Å². The standard InChI is InChI=1S/C20H33NO3S.C20H36NO/c1-5-7-11-20(12-8-6-2)15-25(23,24)18-10-9-17(21(3)4)13-16(18)14-19(20)22;1-4-21(5-2,6-3)18-14-9-7-8-10-15-19-22-20-16-12-11-13-17-20/h9-10,13,19,22H,5-8,11-12,14-15H2,1-4H3;11-13,16-17H,4-10,14-15,18-19H2,1-3H3/q;+1/t19-;/m1./s1. The maximum atomic E-state index is 13.1. The maximum absolute atomic E-state index is 13.1. The molecule has 2 aromatic carbocycles. The zero-order chi connectivity index (χ0) is 34.8. The minimum atomic E-state index is -3.40. The molecule has 268 valence electrons. The Bertz CT molecular complexity index is 1210. The van der Waals surface area contributed by atoms with Gasteiger partial charge < -0.3 is 19.2 Å². The van der Waals surface area contributed by atoms with Crippen LogP contribution in [0.15, 0.2) is 53.4 Å². The second-order valence-corrected chi connectivity index (χ2v) is 16.0. The number of nitrogens with zero attached hydrogens (tertiary/aromatic N) is 2. The minimum absolute atomic E-state index is 0.0650. The van der Waals surface area contributed by atoms with E-state index >= 15 is 0 Å². The monoisotopic (exact) mass is 673 g/mol. The summed E-state index contributed by atoms with van der Waals surface area (Å²) in [6.07, 6.45) is 13.3. The van der Waals surface area contributed by atoms with Crippen LogP contribution in [0.5, 0.6) is 5.75 Å². The van der Waals surface area contributed by atoms with Crippen molar-refractivity contribution in [2.24, 2.45) is 5.41 Å². The third-order valence-corrected chi connectivity index (χ3v) is 12.6. The van der Waals surface area contributed by atoms with E-state index in [4.69, 9.17) is 4.74 Å². The average molecular weight is 674 g/mol. The predicted molar refractivity (Wildman–Crippen MR) is 200 cm³/mol. The number of para-hydroxylation sites is 1. The summed E-state index contributed by atoms with van der Waals surface area (Å²) in [7, 11) is 0.480. The van der Waals surface area contributed by atoms with Gasteiger partial charge in [0.25, 0.3) is 0 Å². The van der Waals surface area contributed by atoms with Crippen molar-refractivity contribution in [2.75, 3.05) is 57.5 Å². The first-order valence-corrected chi connectivity index (χ1v) is 20.4. The van der Waals surface area contributed by atoms with Crippen molar-refractivity contribution in [3.63, 3.8) is 0 Å². The van der Waals surface area contributed by atoms with E-state index in [2.05, 4.69) is 34.6 Å². The molecule has 6 nitrogen and oxygen atoms in total. The summed E-state index contributed by atoms with van der Waals surface area (Å²) in [5, 5.41) is 11.1. The van der Waals surface area contributed by atoms with E-state index in [9.17, 15) is 13.5 Å². The summed E-state index contributed by atoms with van der Waals surface area (Å²) in [4.78, 5) is 2.37. The molecular weight excluding hydrogens is 605 g/mol. The highest BCUT2D eigenvalue weighted by Gasteiger charge is 2.44. The van der Waals surface area contributed by atoms with Crippen LogP contribution < -0.4 is 9.64 Å². The molecule has 0 saturated heterocycles. The molecule has 0 aliphatic carbocycles. The van der Waals surface area contributed by atoms with Gasteiger partial charge in [0, 0.05) is 31.6 Å². The number of rotatable bonds is 20. The molecule has 1 heterocycles.